The largest absolute Gasteiger partial charge is 0.322 e. The lowest BCUT2D eigenvalue weighted by Crippen LogP contribution is -2.27. The minimum absolute atomic E-state index is 0.103. The first-order valence-electron chi connectivity index (χ1n) is 4.64. The second kappa shape index (κ2) is 3.64. The molecule has 1 fully saturated rings. The predicted octanol–water partition coefficient (Wildman–Crippen LogP) is 2.53. The van der Waals surface area contributed by atoms with Crippen molar-refractivity contribution < 1.29 is 0 Å². The molecule has 1 heterocycles. The molecule has 1 aliphatic rings. The van der Waals surface area contributed by atoms with Gasteiger partial charge in [-0.15, -0.1) is 0 Å². The number of nitrogens with two attached hydrogens (primary N) is 1. The Morgan fingerprint density at radius 3 is 2.69 bits per heavy atom. The van der Waals surface area contributed by atoms with Crippen LogP contribution < -0.4 is 5.73 Å². The molecule has 1 aliphatic carbocycles. The zero-order chi connectivity index (χ0) is 9.26. The summed E-state index contributed by atoms with van der Waals surface area (Å²) < 4.78 is 0. The third-order valence-corrected chi connectivity index (χ3v) is 2.97. The van der Waals surface area contributed by atoms with Crippen LogP contribution in [-0.4, -0.2) is 4.98 Å². The van der Waals surface area contributed by atoms with E-state index in [1.807, 2.05) is 12.1 Å². The fraction of sp³-hybridized carbons (Fsp3) is 0.500. The molecule has 2 N–H and O–H groups in total. The van der Waals surface area contributed by atoms with Crippen molar-refractivity contribution in [2.45, 2.75) is 25.3 Å². The molecule has 13 heavy (non-hydrogen) atoms. The summed E-state index contributed by atoms with van der Waals surface area (Å²) in [6.07, 6.45) is 5.46. The Kier molecular flexibility index (Phi) is 2.51. The first-order chi connectivity index (χ1) is 6.27. The second-order valence-corrected chi connectivity index (χ2v) is 4.05. The molecule has 1 saturated carbocycles. The van der Waals surface area contributed by atoms with Gasteiger partial charge in [0.25, 0.3) is 0 Å². The molecule has 0 unspecified atom stereocenters. The summed E-state index contributed by atoms with van der Waals surface area (Å²) in [5.74, 6) is 0.633. The van der Waals surface area contributed by atoms with E-state index in [2.05, 4.69) is 4.98 Å². The van der Waals surface area contributed by atoms with Gasteiger partial charge in [-0.2, -0.15) is 0 Å². The minimum Gasteiger partial charge on any atom is -0.322 e. The fourth-order valence-electron chi connectivity index (χ4n) is 1.62. The number of aromatic nitrogens is 1. The average molecular weight is 197 g/mol. The number of rotatable bonds is 2. The maximum Gasteiger partial charge on any atom is 0.0589 e. The van der Waals surface area contributed by atoms with Crippen molar-refractivity contribution in [2.75, 3.05) is 0 Å². The number of hydrogen-bond acceptors (Lipinski definition) is 2. The van der Waals surface area contributed by atoms with Gasteiger partial charge in [-0.05, 0) is 30.9 Å². The third-order valence-electron chi connectivity index (χ3n) is 2.75. The van der Waals surface area contributed by atoms with Crippen LogP contribution in [0.4, 0.5) is 0 Å². The highest BCUT2D eigenvalue weighted by Gasteiger charge is 2.26. The molecule has 2 rings (SSSR count). The van der Waals surface area contributed by atoms with Crippen LogP contribution in [-0.2, 0) is 0 Å². The van der Waals surface area contributed by atoms with E-state index >= 15 is 0 Å². The topological polar surface area (TPSA) is 38.9 Å². The number of pyridine rings is 1. The predicted molar refractivity (Wildman–Crippen MR) is 53.5 cm³/mol. The van der Waals surface area contributed by atoms with Crippen LogP contribution in [0.3, 0.4) is 0 Å². The van der Waals surface area contributed by atoms with Crippen LogP contribution in [0.2, 0.25) is 5.02 Å². The van der Waals surface area contributed by atoms with Crippen LogP contribution in [0.25, 0.3) is 0 Å². The Morgan fingerprint density at radius 1 is 1.46 bits per heavy atom. The minimum atomic E-state index is 0.103. The van der Waals surface area contributed by atoms with Gasteiger partial charge in [-0.3, -0.25) is 4.98 Å². The molecule has 70 valence electrons. The van der Waals surface area contributed by atoms with E-state index in [1.54, 1.807) is 6.20 Å². The van der Waals surface area contributed by atoms with E-state index in [1.165, 1.54) is 19.3 Å². The number of halogens is 1. The van der Waals surface area contributed by atoms with Crippen LogP contribution >= 0.6 is 11.6 Å². The van der Waals surface area contributed by atoms with Gasteiger partial charge >= 0.3 is 0 Å². The molecule has 0 aromatic carbocycles. The average Bonchev–Trinajstić information content (AvgIpc) is 2.02. The lowest BCUT2D eigenvalue weighted by atomic mass is 9.79. The van der Waals surface area contributed by atoms with Gasteiger partial charge in [0.1, 0.15) is 0 Å². The molecule has 1 aromatic heterocycles. The summed E-state index contributed by atoms with van der Waals surface area (Å²) in [6, 6.07) is 3.87. The highest BCUT2D eigenvalue weighted by molar-refractivity contribution is 6.30. The van der Waals surface area contributed by atoms with Crippen molar-refractivity contribution in [1.29, 1.82) is 0 Å². The second-order valence-electron chi connectivity index (χ2n) is 3.62. The first kappa shape index (κ1) is 8.97. The SMILES string of the molecule is N[C@@H](c1ccc(Cl)cn1)C1CCC1. The van der Waals surface area contributed by atoms with Gasteiger partial charge in [0.2, 0.25) is 0 Å². The van der Waals surface area contributed by atoms with Crippen molar-refractivity contribution >= 4 is 11.6 Å². The molecule has 2 nitrogen and oxygen atoms in total. The maximum absolute atomic E-state index is 6.04. The van der Waals surface area contributed by atoms with Crippen molar-refractivity contribution in [3.05, 3.63) is 29.0 Å². The molecule has 0 aliphatic heterocycles. The van der Waals surface area contributed by atoms with Gasteiger partial charge in [-0.1, -0.05) is 18.0 Å². The lowest BCUT2D eigenvalue weighted by Gasteiger charge is -2.30. The molecule has 0 spiro atoms. The summed E-state index contributed by atoms with van der Waals surface area (Å²) in [5, 5.41) is 0.671. The standard InChI is InChI=1S/C10H13ClN2/c11-8-4-5-9(13-6-8)10(12)7-2-1-3-7/h4-7,10H,1-3,12H2/t10-/m1/s1. The smallest absolute Gasteiger partial charge is 0.0589 e. The molecular formula is C10H13ClN2. The lowest BCUT2D eigenvalue weighted by molar-refractivity contribution is 0.261. The molecule has 0 radical (unpaired) electrons. The highest BCUT2D eigenvalue weighted by Crippen LogP contribution is 2.35. The van der Waals surface area contributed by atoms with Gasteiger partial charge in [0, 0.05) is 12.2 Å². The van der Waals surface area contributed by atoms with E-state index in [0.717, 1.165) is 5.69 Å². The van der Waals surface area contributed by atoms with Crippen LogP contribution in [0.5, 0.6) is 0 Å². The van der Waals surface area contributed by atoms with Crippen molar-refractivity contribution in [2.24, 2.45) is 11.7 Å². The van der Waals surface area contributed by atoms with E-state index < -0.39 is 0 Å². The zero-order valence-corrected chi connectivity index (χ0v) is 8.17. The van der Waals surface area contributed by atoms with Gasteiger partial charge in [0.15, 0.2) is 0 Å². The van der Waals surface area contributed by atoms with Crippen LogP contribution in [0.1, 0.15) is 31.0 Å². The quantitative estimate of drug-likeness (QED) is 0.790. The van der Waals surface area contributed by atoms with Crippen molar-refractivity contribution in [3.63, 3.8) is 0 Å². The summed E-state index contributed by atoms with van der Waals surface area (Å²) in [7, 11) is 0. The number of nitrogens with zero attached hydrogens (tertiary/aromatic N) is 1. The maximum atomic E-state index is 6.04. The highest BCUT2D eigenvalue weighted by atomic mass is 35.5. The monoisotopic (exact) mass is 196 g/mol. The fourth-order valence-corrected chi connectivity index (χ4v) is 1.74. The van der Waals surface area contributed by atoms with Gasteiger partial charge in [-0.25, -0.2) is 0 Å². The third kappa shape index (κ3) is 1.84. The van der Waals surface area contributed by atoms with Crippen molar-refractivity contribution in [3.8, 4) is 0 Å². The molecule has 1 atom stereocenters. The Labute approximate surface area is 83.1 Å². The number of hydrogen-bond donors (Lipinski definition) is 1. The molecule has 0 amide bonds. The van der Waals surface area contributed by atoms with Crippen LogP contribution in [0.15, 0.2) is 18.3 Å². The zero-order valence-electron chi connectivity index (χ0n) is 7.41. The molecule has 0 bridgehead atoms. The summed E-state index contributed by atoms with van der Waals surface area (Å²) >= 11 is 5.74. The summed E-state index contributed by atoms with van der Waals surface area (Å²) in [5.41, 5.74) is 7.01. The molecule has 0 saturated heterocycles. The summed E-state index contributed by atoms with van der Waals surface area (Å²) in [4.78, 5) is 4.22. The molecular weight excluding hydrogens is 184 g/mol. The van der Waals surface area contributed by atoms with E-state index in [9.17, 15) is 0 Å². The van der Waals surface area contributed by atoms with Gasteiger partial charge < -0.3 is 5.73 Å². The first-order valence-corrected chi connectivity index (χ1v) is 5.02. The Morgan fingerprint density at radius 2 is 2.23 bits per heavy atom. The molecule has 3 heteroatoms. The Hall–Kier alpha value is -0.600. The van der Waals surface area contributed by atoms with E-state index in [-0.39, 0.29) is 6.04 Å². The van der Waals surface area contributed by atoms with E-state index in [0.29, 0.717) is 10.9 Å². The Balaban J connectivity index is 2.10. The molecule has 1 aromatic rings. The van der Waals surface area contributed by atoms with Crippen molar-refractivity contribution in [1.82, 2.24) is 4.98 Å². The normalized spacial score (nSPS) is 19.5. The van der Waals surface area contributed by atoms with Crippen LogP contribution in [0, 0.1) is 5.92 Å². The van der Waals surface area contributed by atoms with Gasteiger partial charge in [0.05, 0.1) is 10.7 Å². The Bertz CT molecular complexity index is 279. The summed E-state index contributed by atoms with van der Waals surface area (Å²) in [6.45, 7) is 0. The van der Waals surface area contributed by atoms with E-state index in [4.69, 9.17) is 17.3 Å².